The van der Waals surface area contributed by atoms with E-state index in [1.807, 2.05) is 12.1 Å². The fourth-order valence-electron chi connectivity index (χ4n) is 2.55. The Labute approximate surface area is 108 Å². The number of hydrogen-bond donors (Lipinski definition) is 2. The third-order valence-corrected chi connectivity index (χ3v) is 3.61. The van der Waals surface area contributed by atoms with E-state index in [0.717, 1.165) is 13.1 Å². The molecule has 1 aromatic carbocycles. The van der Waals surface area contributed by atoms with Gasteiger partial charge < -0.3 is 11.1 Å². The lowest BCUT2D eigenvalue weighted by molar-refractivity contribution is 0.0942. The molecule has 1 amide bonds. The van der Waals surface area contributed by atoms with Gasteiger partial charge in [0.2, 0.25) is 0 Å². The van der Waals surface area contributed by atoms with Gasteiger partial charge in [-0.15, -0.1) is 0 Å². The number of nitrogen functional groups attached to an aromatic ring is 1. The van der Waals surface area contributed by atoms with E-state index in [0.29, 0.717) is 23.8 Å². The Morgan fingerprint density at radius 1 is 1.50 bits per heavy atom. The topological polar surface area (TPSA) is 58.4 Å². The number of carbonyl (C=O) groups excluding carboxylic acids is 1. The van der Waals surface area contributed by atoms with Crippen molar-refractivity contribution in [1.29, 1.82) is 0 Å². The monoisotopic (exact) mass is 247 g/mol. The summed E-state index contributed by atoms with van der Waals surface area (Å²) in [5, 5.41) is 2.99. The van der Waals surface area contributed by atoms with Crippen molar-refractivity contribution in [3.05, 3.63) is 29.8 Å². The number of hydrogen-bond acceptors (Lipinski definition) is 3. The molecule has 3 N–H and O–H groups in total. The largest absolute Gasteiger partial charge is 0.398 e. The second kappa shape index (κ2) is 5.87. The van der Waals surface area contributed by atoms with Crippen LogP contribution in [0.15, 0.2) is 24.3 Å². The molecule has 1 atom stereocenters. The number of likely N-dealkylation sites (N-methyl/N-ethyl adjacent to an activating group) is 1. The van der Waals surface area contributed by atoms with E-state index in [-0.39, 0.29) is 5.91 Å². The van der Waals surface area contributed by atoms with E-state index in [1.165, 1.54) is 12.8 Å². The standard InChI is InChI=1S/C14H21N3O/c1-2-17-9-5-6-11(17)10-16-14(18)12-7-3-4-8-13(12)15/h3-4,7-8,11H,2,5-6,9-10,15H2,1H3,(H,16,18)/t11-/m0/s1. The molecule has 0 radical (unpaired) electrons. The van der Waals surface area contributed by atoms with Crippen LogP contribution >= 0.6 is 0 Å². The zero-order chi connectivity index (χ0) is 13.0. The zero-order valence-corrected chi connectivity index (χ0v) is 10.9. The Kier molecular flexibility index (Phi) is 4.20. The lowest BCUT2D eigenvalue weighted by atomic mass is 10.1. The Balaban J connectivity index is 1.91. The van der Waals surface area contributed by atoms with Crippen LogP contribution in [0, 0.1) is 0 Å². The van der Waals surface area contributed by atoms with Crippen LogP contribution in [0.1, 0.15) is 30.1 Å². The lowest BCUT2D eigenvalue weighted by Crippen LogP contribution is -2.40. The van der Waals surface area contributed by atoms with Gasteiger partial charge in [0.1, 0.15) is 0 Å². The number of amides is 1. The van der Waals surface area contributed by atoms with E-state index in [1.54, 1.807) is 12.1 Å². The number of anilines is 1. The van der Waals surface area contributed by atoms with Crippen LogP contribution in [-0.2, 0) is 0 Å². The Morgan fingerprint density at radius 2 is 2.28 bits per heavy atom. The molecule has 0 unspecified atom stereocenters. The highest BCUT2D eigenvalue weighted by atomic mass is 16.1. The molecule has 1 saturated heterocycles. The van der Waals surface area contributed by atoms with E-state index in [2.05, 4.69) is 17.1 Å². The summed E-state index contributed by atoms with van der Waals surface area (Å²) >= 11 is 0. The number of nitrogens with zero attached hydrogens (tertiary/aromatic N) is 1. The average Bonchev–Trinajstić information content (AvgIpc) is 2.84. The fourth-order valence-corrected chi connectivity index (χ4v) is 2.55. The summed E-state index contributed by atoms with van der Waals surface area (Å²) in [4.78, 5) is 14.4. The van der Waals surface area contributed by atoms with Gasteiger partial charge in [-0.25, -0.2) is 0 Å². The summed E-state index contributed by atoms with van der Waals surface area (Å²) in [5.41, 5.74) is 6.89. The van der Waals surface area contributed by atoms with Gasteiger partial charge in [-0.3, -0.25) is 9.69 Å². The van der Waals surface area contributed by atoms with Crippen molar-refractivity contribution in [3.63, 3.8) is 0 Å². The van der Waals surface area contributed by atoms with Gasteiger partial charge in [-0.2, -0.15) is 0 Å². The molecule has 1 heterocycles. The van der Waals surface area contributed by atoms with Gasteiger partial charge in [0.15, 0.2) is 0 Å². The second-order valence-corrected chi connectivity index (χ2v) is 4.72. The first-order valence-electron chi connectivity index (χ1n) is 6.59. The van der Waals surface area contributed by atoms with Crippen LogP contribution in [0.25, 0.3) is 0 Å². The molecule has 1 aliphatic rings. The van der Waals surface area contributed by atoms with Crippen LogP contribution < -0.4 is 11.1 Å². The molecule has 98 valence electrons. The quantitative estimate of drug-likeness (QED) is 0.792. The number of rotatable bonds is 4. The molecular formula is C14H21N3O. The molecule has 0 aliphatic carbocycles. The predicted molar refractivity (Wildman–Crippen MR) is 73.5 cm³/mol. The number of carbonyl (C=O) groups is 1. The van der Waals surface area contributed by atoms with Crippen molar-refractivity contribution in [1.82, 2.24) is 10.2 Å². The molecule has 18 heavy (non-hydrogen) atoms. The van der Waals surface area contributed by atoms with E-state index in [9.17, 15) is 4.79 Å². The molecule has 4 nitrogen and oxygen atoms in total. The maximum absolute atomic E-state index is 12.0. The normalized spacial score (nSPS) is 19.9. The Morgan fingerprint density at radius 3 is 3.00 bits per heavy atom. The molecule has 1 fully saturated rings. The van der Waals surface area contributed by atoms with E-state index in [4.69, 9.17) is 5.73 Å². The first kappa shape index (κ1) is 12.9. The Hall–Kier alpha value is -1.55. The highest BCUT2D eigenvalue weighted by molar-refractivity contribution is 5.99. The van der Waals surface area contributed by atoms with Gasteiger partial charge in [0.25, 0.3) is 5.91 Å². The maximum Gasteiger partial charge on any atom is 0.253 e. The summed E-state index contributed by atoms with van der Waals surface area (Å²) < 4.78 is 0. The fraction of sp³-hybridized carbons (Fsp3) is 0.500. The van der Waals surface area contributed by atoms with Gasteiger partial charge in [0.05, 0.1) is 5.56 Å². The van der Waals surface area contributed by atoms with Crippen LogP contribution in [0.2, 0.25) is 0 Å². The predicted octanol–water partition coefficient (Wildman–Crippen LogP) is 1.48. The molecular weight excluding hydrogens is 226 g/mol. The van der Waals surface area contributed by atoms with Crippen molar-refractivity contribution in [2.24, 2.45) is 0 Å². The van der Waals surface area contributed by atoms with Crippen molar-refractivity contribution in [2.75, 3.05) is 25.4 Å². The van der Waals surface area contributed by atoms with Gasteiger partial charge >= 0.3 is 0 Å². The van der Waals surface area contributed by atoms with Crippen LogP contribution in [0.3, 0.4) is 0 Å². The van der Waals surface area contributed by atoms with Crippen molar-refractivity contribution in [2.45, 2.75) is 25.8 Å². The lowest BCUT2D eigenvalue weighted by Gasteiger charge is -2.23. The number of nitrogens with one attached hydrogen (secondary N) is 1. The first-order chi connectivity index (χ1) is 8.72. The van der Waals surface area contributed by atoms with E-state index >= 15 is 0 Å². The number of benzene rings is 1. The average molecular weight is 247 g/mol. The molecule has 0 bridgehead atoms. The summed E-state index contributed by atoms with van der Waals surface area (Å²) in [6.45, 7) is 5.06. The SMILES string of the molecule is CCN1CCC[C@H]1CNC(=O)c1ccccc1N. The molecule has 0 saturated carbocycles. The van der Waals surface area contributed by atoms with Crippen molar-refractivity contribution < 1.29 is 4.79 Å². The second-order valence-electron chi connectivity index (χ2n) is 4.72. The third kappa shape index (κ3) is 2.82. The Bertz CT molecular complexity index is 419. The molecule has 0 spiro atoms. The molecule has 1 aromatic rings. The molecule has 4 heteroatoms. The van der Waals surface area contributed by atoms with Crippen molar-refractivity contribution in [3.8, 4) is 0 Å². The number of para-hydroxylation sites is 1. The first-order valence-corrected chi connectivity index (χ1v) is 6.59. The van der Waals surface area contributed by atoms with Crippen LogP contribution in [0.4, 0.5) is 5.69 Å². The molecule has 1 aliphatic heterocycles. The number of nitrogens with two attached hydrogens (primary N) is 1. The summed E-state index contributed by atoms with van der Waals surface area (Å²) in [6.07, 6.45) is 2.39. The van der Waals surface area contributed by atoms with E-state index < -0.39 is 0 Å². The van der Waals surface area contributed by atoms with Gasteiger partial charge in [0, 0.05) is 18.3 Å². The summed E-state index contributed by atoms with van der Waals surface area (Å²) in [5.74, 6) is -0.0731. The smallest absolute Gasteiger partial charge is 0.253 e. The third-order valence-electron chi connectivity index (χ3n) is 3.61. The van der Waals surface area contributed by atoms with Crippen LogP contribution in [0.5, 0.6) is 0 Å². The highest BCUT2D eigenvalue weighted by Gasteiger charge is 2.23. The maximum atomic E-state index is 12.0. The number of likely N-dealkylation sites (tertiary alicyclic amines) is 1. The molecule has 2 rings (SSSR count). The summed E-state index contributed by atoms with van der Waals surface area (Å²) in [6, 6.07) is 7.66. The minimum Gasteiger partial charge on any atom is -0.398 e. The minimum absolute atomic E-state index is 0.0731. The zero-order valence-electron chi connectivity index (χ0n) is 10.9. The van der Waals surface area contributed by atoms with Crippen LogP contribution in [-0.4, -0.2) is 36.5 Å². The minimum atomic E-state index is -0.0731. The van der Waals surface area contributed by atoms with Gasteiger partial charge in [-0.1, -0.05) is 19.1 Å². The van der Waals surface area contributed by atoms with Gasteiger partial charge in [-0.05, 0) is 38.1 Å². The summed E-state index contributed by atoms with van der Waals surface area (Å²) in [7, 11) is 0. The molecule has 0 aromatic heterocycles. The highest BCUT2D eigenvalue weighted by Crippen LogP contribution is 2.16. The van der Waals surface area contributed by atoms with Crippen molar-refractivity contribution >= 4 is 11.6 Å².